The largest absolute Gasteiger partial charge is 0.298 e. The third-order valence-corrected chi connectivity index (χ3v) is 5.88. The van der Waals surface area contributed by atoms with Crippen LogP contribution in [0.15, 0.2) is 42.5 Å². The molecule has 0 unspecified atom stereocenters. The van der Waals surface area contributed by atoms with E-state index in [0.29, 0.717) is 0 Å². The predicted octanol–water partition coefficient (Wildman–Crippen LogP) is 4.83. The highest BCUT2D eigenvalue weighted by Crippen LogP contribution is 2.46. The summed E-state index contributed by atoms with van der Waals surface area (Å²) in [6, 6.07) is 14.1. The lowest BCUT2D eigenvalue weighted by atomic mass is 9.57. The first-order valence-corrected chi connectivity index (χ1v) is 9.29. The smallest absolute Gasteiger partial charge is 0.160 e. The van der Waals surface area contributed by atoms with E-state index in [1.807, 2.05) is 56.3 Å². The quantitative estimate of drug-likeness (QED) is 0.719. The van der Waals surface area contributed by atoms with Crippen molar-refractivity contribution >= 4 is 17.3 Å². The molecule has 1 saturated carbocycles. The van der Waals surface area contributed by atoms with Gasteiger partial charge in [-0.1, -0.05) is 42.5 Å². The molecule has 0 amide bonds. The molecule has 0 aliphatic heterocycles. The van der Waals surface area contributed by atoms with Crippen molar-refractivity contribution in [3.05, 3.63) is 59.2 Å². The van der Waals surface area contributed by atoms with Crippen LogP contribution in [-0.4, -0.2) is 17.3 Å². The second-order valence-electron chi connectivity index (χ2n) is 8.63. The molecule has 3 heteroatoms. The number of carbonyl (C=O) groups excluding carboxylic acids is 3. The van der Waals surface area contributed by atoms with Crippen LogP contribution in [0.2, 0.25) is 0 Å². The molecule has 3 nitrogen and oxygen atoms in total. The van der Waals surface area contributed by atoms with Crippen molar-refractivity contribution in [1.82, 2.24) is 0 Å². The van der Waals surface area contributed by atoms with Gasteiger partial charge in [-0.2, -0.15) is 0 Å². The number of carbonyl (C=O) groups is 3. The van der Waals surface area contributed by atoms with Crippen LogP contribution in [0, 0.1) is 24.7 Å². The molecule has 1 aliphatic carbocycles. The average molecular weight is 362 g/mol. The Balaban J connectivity index is 2.17. The zero-order valence-electron chi connectivity index (χ0n) is 16.8. The topological polar surface area (TPSA) is 51.2 Å². The van der Waals surface area contributed by atoms with Crippen molar-refractivity contribution in [2.45, 2.75) is 47.5 Å². The van der Waals surface area contributed by atoms with Gasteiger partial charge in [0, 0.05) is 0 Å². The van der Waals surface area contributed by atoms with Gasteiger partial charge in [-0.25, -0.2) is 0 Å². The number of hydrogen-bond donors (Lipinski definition) is 0. The van der Waals surface area contributed by atoms with Gasteiger partial charge in [0.25, 0.3) is 0 Å². The van der Waals surface area contributed by atoms with E-state index in [9.17, 15) is 14.4 Å². The van der Waals surface area contributed by atoms with Crippen LogP contribution in [0.1, 0.15) is 50.3 Å². The molecule has 27 heavy (non-hydrogen) atoms. The fourth-order valence-corrected chi connectivity index (χ4v) is 4.34. The van der Waals surface area contributed by atoms with Gasteiger partial charge >= 0.3 is 0 Å². The third-order valence-electron chi connectivity index (χ3n) is 5.88. The maximum Gasteiger partial charge on any atom is 0.160 e. The summed E-state index contributed by atoms with van der Waals surface area (Å²) in [5, 5.41) is 0. The Morgan fingerprint density at radius 3 is 1.59 bits per heavy atom. The van der Waals surface area contributed by atoms with Gasteiger partial charge in [0.15, 0.2) is 17.3 Å². The number of rotatable bonds is 2. The first-order chi connectivity index (χ1) is 12.5. The number of aryl methyl sites for hydroxylation is 2. The fraction of sp³-hybridized carbons (Fsp3) is 0.375. The molecule has 0 atom stereocenters. The molecule has 140 valence electrons. The second kappa shape index (κ2) is 6.26. The molecule has 2 aromatic carbocycles. The van der Waals surface area contributed by atoms with Crippen LogP contribution in [-0.2, 0) is 14.4 Å². The Morgan fingerprint density at radius 1 is 0.704 bits per heavy atom. The van der Waals surface area contributed by atoms with Gasteiger partial charge in [0.1, 0.15) is 5.92 Å². The molecule has 3 rings (SSSR count). The van der Waals surface area contributed by atoms with E-state index in [1.54, 1.807) is 27.7 Å². The van der Waals surface area contributed by atoms with E-state index >= 15 is 0 Å². The highest BCUT2D eigenvalue weighted by Gasteiger charge is 2.58. The first kappa shape index (κ1) is 19.2. The Bertz CT molecular complexity index is 896. The van der Waals surface area contributed by atoms with Crippen LogP contribution < -0.4 is 0 Å². The predicted molar refractivity (Wildman–Crippen MR) is 107 cm³/mol. The number of Topliss-reactive ketones (excluding diaryl/α,β-unsaturated/α-hetero) is 3. The highest BCUT2D eigenvalue weighted by atomic mass is 16.2. The summed E-state index contributed by atoms with van der Waals surface area (Å²) in [6.07, 6.45) is 0. The van der Waals surface area contributed by atoms with Crippen molar-refractivity contribution in [3.63, 3.8) is 0 Å². The van der Waals surface area contributed by atoms with Crippen LogP contribution in [0.5, 0.6) is 0 Å². The fourth-order valence-electron chi connectivity index (χ4n) is 4.34. The lowest BCUT2D eigenvalue weighted by molar-refractivity contribution is -0.157. The molecule has 0 heterocycles. The van der Waals surface area contributed by atoms with E-state index in [1.165, 1.54) is 0 Å². The van der Waals surface area contributed by atoms with Crippen molar-refractivity contribution < 1.29 is 14.4 Å². The SMILES string of the molecule is Cc1cc(-c2ccccc2)cc(C)c1C1C(=O)C(C)(C)C(=O)C(C)(C)C1=O. The minimum atomic E-state index is -1.17. The van der Waals surface area contributed by atoms with Crippen LogP contribution in [0.4, 0.5) is 0 Å². The van der Waals surface area contributed by atoms with E-state index in [2.05, 4.69) is 0 Å². The van der Waals surface area contributed by atoms with Crippen molar-refractivity contribution in [2.24, 2.45) is 10.8 Å². The molecular formula is C24H26O3. The molecule has 0 aromatic heterocycles. The third kappa shape index (κ3) is 2.86. The molecule has 2 aromatic rings. The van der Waals surface area contributed by atoms with Crippen LogP contribution in [0.3, 0.4) is 0 Å². The molecule has 0 spiro atoms. The van der Waals surface area contributed by atoms with Gasteiger partial charge in [-0.15, -0.1) is 0 Å². The van der Waals surface area contributed by atoms with Crippen LogP contribution >= 0.6 is 0 Å². The molecule has 0 N–H and O–H groups in total. The maximum atomic E-state index is 13.2. The van der Waals surface area contributed by atoms with Gasteiger partial charge in [0.2, 0.25) is 0 Å². The van der Waals surface area contributed by atoms with Gasteiger partial charge < -0.3 is 0 Å². The molecular weight excluding hydrogens is 336 g/mol. The van der Waals surface area contributed by atoms with Crippen molar-refractivity contribution in [1.29, 1.82) is 0 Å². The molecule has 0 saturated heterocycles. The molecule has 0 bridgehead atoms. The minimum Gasteiger partial charge on any atom is -0.298 e. The summed E-state index contributed by atoms with van der Waals surface area (Å²) in [5.41, 5.74) is 2.37. The van der Waals surface area contributed by atoms with Gasteiger partial charge in [0.05, 0.1) is 10.8 Å². The van der Waals surface area contributed by atoms with E-state index in [0.717, 1.165) is 27.8 Å². The maximum absolute atomic E-state index is 13.2. The summed E-state index contributed by atoms with van der Waals surface area (Å²) in [4.78, 5) is 39.1. The average Bonchev–Trinajstić information content (AvgIpc) is 2.62. The minimum absolute atomic E-state index is 0.294. The van der Waals surface area contributed by atoms with Crippen molar-refractivity contribution in [2.75, 3.05) is 0 Å². The number of ketones is 3. The monoisotopic (exact) mass is 362 g/mol. The Morgan fingerprint density at radius 2 is 1.15 bits per heavy atom. The van der Waals surface area contributed by atoms with Gasteiger partial charge in [-0.3, -0.25) is 14.4 Å². The summed E-state index contributed by atoms with van der Waals surface area (Å²) >= 11 is 0. The first-order valence-electron chi connectivity index (χ1n) is 9.29. The second-order valence-corrected chi connectivity index (χ2v) is 8.63. The van der Waals surface area contributed by atoms with E-state index in [4.69, 9.17) is 0 Å². The zero-order valence-corrected chi connectivity index (χ0v) is 16.8. The standard InChI is InChI=1S/C24H26O3/c1-14-12-17(16-10-8-7-9-11-16)13-15(2)18(14)19-20(25)23(3,4)22(27)24(5,6)21(19)26/h7-13,19H,1-6H3. The van der Waals surface area contributed by atoms with Crippen LogP contribution in [0.25, 0.3) is 11.1 Å². The lowest BCUT2D eigenvalue weighted by Gasteiger charge is -2.41. The number of hydrogen-bond acceptors (Lipinski definition) is 3. The summed E-state index contributed by atoms with van der Waals surface area (Å²) < 4.78 is 0. The Hall–Kier alpha value is -2.55. The Labute approximate surface area is 160 Å². The molecule has 0 radical (unpaired) electrons. The van der Waals surface area contributed by atoms with Gasteiger partial charge in [-0.05, 0) is 69.4 Å². The summed E-state index contributed by atoms with van der Waals surface area (Å²) in [7, 11) is 0. The summed E-state index contributed by atoms with van der Waals surface area (Å²) in [5.74, 6) is -1.78. The van der Waals surface area contributed by atoms with E-state index in [-0.39, 0.29) is 17.3 Å². The molecule has 1 aliphatic rings. The van der Waals surface area contributed by atoms with E-state index < -0.39 is 16.7 Å². The van der Waals surface area contributed by atoms with Crippen molar-refractivity contribution in [3.8, 4) is 11.1 Å². The number of benzene rings is 2. The lowest BCUT2D eigenvalue weighted by Crippen LogP contribution is -2.56. The molecule has 1 fully saturated rings. The Kier molecular flexibility index (Phi) is 4.46. The summed E-state index contributed by atoms with van der Waals surface area (Å²) in [6.45, 7) is 10.4. The normalized spacial score (nSPS) is 19.4. The zero-order chi connectivity index (χ0) is 20.1. The highest BCUT2D eigenvalue weighted by molar-refractivity contribution is 6.30.